The van der Waals surface area contributed by atoms with E-state index in [2.05, 4.69) is 0 Å². The summed E-state index contributed by atoms with van der Waals surface area (Å²) in [5.41, 5.74) is -6.35. The third-order valence-corrected chi connectivity index (χ3v) is 6.07. The van der Waals surface area contributed by atoms with E-state index in [0.717, 1.165) is 0 Å². The molecule has 1 fully saturated rings. The molecule has 0 N–H and O–H groups in total. The standard InChI is InChI=1S/C17H29F5O/c1-12(2,11-9-23-11)10-13(3,4)14(5,6)16(18,19)15(7,8)17(20,21)22/h11H,9-10H2,1-8H3. The molecule has 1 aliphatic heterocycles. The summed E-state index contributed by atoms with van der Waals surface area (Å²) in [4.78, 5) is 0. The van der Waals surface area contributed by atoms with Gasteiger partial charge < -0.3 is 4.74 Å². The Balaban J connectivity index is 3.21. The lowest BCUT2D eigenvalue weighted by Crippen LogP contribution is -2.60. The summed E-state index contributed by atoms with van der Waals surface area (Å²) in [7, 11) is 0. The van der Waals surface area contributed by atoms with Gasteiger partial charge in [0.1, 0.15) is 5.41 Å². The van der Waals surface area contributed by atoms with Gasteiger partial charge in [-0.15, -0.1) is 0 Å². The summed E-state index contributed by atoms with van der Waals surface area (Å²) >= 11 is 0. The first-order valence-electron chi connectivity index (χ1n) is 7.87. The fraction of sp³-hybridized carbons (Fsp3) is 1.00. The molecular weight excluding hydrogens is 315 g/mol. The van der Waals surface area contributed by atoms with E-state index < -0.39 is 28.3 Å². The van der Waals surface area contributed by atoms with Crippen molar-refractivity contribution in [3.05, 3.63) is 0 Å². The smallest absolute Gasteiger partial charge is 0.373 e. The average molecular weight is 344 g/mol. The molecule has 0 aromatic carbocycles. The van der Waals surface area contributed by atoms with Gasteiger partial charge in [-0.3, -0.25) is 0 Å². The van der Waals surface area contributed by atoms with Crippen LogP contribution in [0, 0.1) is 21.7 Å². The molecule has 0 aromatic heterocycles. The van der Waals surface area contributed by atoms with Crippen molar-refractivity contribution in [1.82, 2.24) is 0 Å². The molecule has 0 saturated carbocycles. The third-order valence-electron chi connectivity index (χ3n) is 6.07. The summed E-state index contributed by atoms with van der Waals surface area (Å²) < 4.78 is 75.0. The van der Waals surface area contributed by atoms with Crippen LogP contribution in [0.3, 0.4) is 0 Å². The Hall–Kier alpha value is -0.390. The van der Waals surface area contributed by atoms with Crippen molar-refractivity contribution >= 4 is 0 Å². The van der Waals surface area contributed by atoms with Crippen LogP contribution >= 0.6 is 0 Å². The monoisotopic (exact) mass is 344 g/mol. The highest BCUT2D eigenvalue weighted by molar-refractivity contribution is 5.07. The number of epoxide rings is 1. The molecule has 1 heterocycles. The molecule has 138 valence electrons. The first-order valence-corrected chi connectivity index (χ1v) is 7.87. The number of alkyl halides is 5. The molecule has 1 aliphatic rings. The van der Waals surface area contributed by atoms with E-state index in [1.165, 1.54) is 13.8 Å². The lowest BCUT2D eigenvalue weighted by atomic mass is 9.54. The van der Waals surface area contributed by atoms with Gasteiger partial charge in [-0.05, 0) is 31.1 Å². The van der Waals surface area contributed by atoms with Crippen molar-refractivity contribution < 1.29 is 26.7 Å². The lowest BCUT2D eigenvalue weighted by molar-refractivity contribution is -0.328. The zero-order valence-electron chi connectivity index (χ0n) is 15.3. The zero-order valence-corrected chi connectivity index (χ0v) is 15.3. The van der Waals surface area contributed by atoms with Crippen LogP contribution in [0.1, 0.15) is 61.8 Å². The minimum absolute atomic E-state index is 0.0122. The molecule has 0 radical (unpaired) electrons. The van der Waals surface area contributed by atoms with Gasteiger partial charge in [0.25, 0.3) is 5.92 Å². The number of hydrogen-bond donors (Lipinski definition) is 0. The second kappa shape index (κ2) is 5.30. The summed E-state index contributed by atoms with van der Waals surface area (Å²) in [6, 6.07) is 0. The highest BCUT2D eigenvalue weighted by Gasteiger charge is 2.71. The van der Waals surface area contributed by atoms with Gasteiger partial charge in [-0.1, -0.05) is 41.5 Å². The van der Waals surface area contributed by atoms with Crippen LogP contribution in [0.2, 0.25) is 0 Å². The van der Waals surface area contributed by atoms with E-state index in [0.29, 0.717) is 26.9 Å². The highest BCUT2D eigenvalue weighted by atomic mass is 19.4. The average Bonchev–Trinajstić information content (AvgIpc) is 3.08. The fourth-order valence-electron chi connectivity index (χ4n) is 3.36. The largest absolute Gasteiger partial charge is 0.399 e. The van der Waals surface area contributed by atoms with Crippen molar-refractivity contribution in [3.63, 3.8) is 0 Å². The Morgan fingerprint density at radius 2 is 1.17 bits per heavy atom. The number of hydrogen-bond acceptors (Lipinski definition) is 1. The molecule has 6 heteroatoms. The Morgan fingerprint density at radius 3 is 1.48 bits per heavy atom. The van der Waals surface area contributed by atoms with Gasteiger partial charge in [-0.2, -0.15) is 13.2 Å². The molecule has 1 unspecified atom stereocenters. The molecular formula is C17H29F5O. The van der Waals surface area contributed by atoms with Crippen molar-refractivity contribution in [2.75, 3.05) is 6.61 Å². The maximum Gasteiger partial charge on any atom is 0.399 e. The van der Waals surface area contributed by atoms with Crippen LogP contribution in [-0.4, -0.2) is 24.8 Å². The van der Waals surface area contributed by atoms with Crippen LogP contribution in [0.5, 0.6) is 0 Å². The summed E-state index contributed by atoms with van der Waals surface area (Å²) in [5, 5.41) is 0. The van der Waals surface area contributed by atoms with Crippen LogP contribution in [0.25, 0.3) is 0 Å². The first kappa shape index (κ1) is 20.7. The van der Waals surface area contributed by atoms with Gasteiger partial charge >= 0.3 is 6.18 Å². The Kier molecular flexibility index (Phi) is 4.76. The van der Waals surface area contributed by atoms with Crippen LogP contribution in [0.4, 0.5) is 22.0 Å². The van der Waals surface area contributed by atoms with Crippen LogP contribution in [-0.2, 0) is 4.74 Å². The van der Waals surface area contributed by atoms with Crippen LogP contribution < -0.4 is 0 Å². The molecule has 0 amide bonds. The van der Waals surface area contributed by atoms with Crippen LogP contribution in [0.15, 0.2) is 0 Å². The summed E-state index contributed by atoms with van der Waals surface area (Å²) in [6.07, 6.45) is -4.65. The van der Waals surface area contributed by atoms with Gasteiger partial charge in [0, 0.05) is 5.41 Å². The van der Waals surface area contributed by atoms with Gasteiger partial charge in [-0.25, -0.2) is 8.78 Å². The van der Waals surface area contributed by atoms with Crippen molar-refractivity contribution in [2.45, 2.75) is 80.0 Å². The molecule has 1 nitrogen and oxygen atoms in total. The SMILES string of the molecule is CC(C)(CC(C)(C)C(C)(C)C(F)(F)C(C)(C)C(F)(F)F)C1CO1. The summed E-state index contributed by atoms with van der Waals surface area (Å²) in [5.74, 6) is -3.93. The lowest BCUT2D eigenvalue weighted by Gasteiger charge is -2.54. The minimum Gasteiger partial charge on any atom is -0.373 e. The second-order valence-electron chi connectivity index (χ2n) is 9.19. The van der Waals surface area contributed by atoms with E-state index in [-0.39, 0.29) is 11.5 Å². The number of rotatable bonds is 6. The van der Waals surface area contributed by atoms with E-state index in [1.807, 2.05) is 13.8 Å². The van der Waals surface area contributed by atoms with Crippen molar-refractivity contribution in [2.24, 2.45) is 21.7 Å². The fourth-order valence-corrected chi connectivity index (χ4v) is 3.36. The number of halogens is 5. The van der Waals surface area contributed by atoms with Gasteiger partial charge in [0.05, 0.1) is 12.7 Å². The van der Waals surface area contributed by atoms with Gasteiger partial charge in [0.15, 0.2) is 0 Å². The Labute approximate surface area is 136 Å². The maximum absolute atomic E-state index is 15.0. The molecule has 1 saturated heterocycles. The molecule has 1 atom stereocenters. The third kappa shape index (κ3) is 3.24. The van der Waals surface area contributed by atoms with E-state index >= 15 is 8.78 Å². The van der Waals surface area contributed by atoms with E-state index in [9.17, 15) is 13.2 Å². The van der Waals surface area contributed by atoms with E-state index in [4.69, 9.17) is 4.74 Å². The highest BCUT2D eigenvalue weighted by Crippen LogP contribution is 2.63. The van der Waals surface area contributed by atoms with Gasteiger partial charge in [0.2, 0.25) is 0 Å². The Morgan fingerprint density at radius 1 is 0.783 bits per heavy atom. The molecule has 1 rings (SSSR count). The van der Waals surface area contributed by atoms with E-state index in [1.54, 1.807) is 13.8 Å². The minimum atomic E-state index is -4.99. The molecule has 0 aliphatic carbocycles. The van der Waals surface area contributed by atoms with Crippen molar-refractivity contribution in [1.29, 1.82) is 0 Å². The quantitative estimate of drug-likeness (QED) is 0.420. The van der Waals surface area contributed by atoms with Crippen molar-refractivity contribution in [3.8, 4) is 0 Å². The summed E-state index contributed by atoms with van der Waals surface area (Å²) in [6.45, 7) is 11.3. The molecule has 0 aromatic rings. The molecule has 0 spiro atoms. The molecule has 23 heavy (non-hydrogen) atoms. The number of ether oxygens (including phenoxy) is 1. The predicted octanol–water partition coefficient (Wildman–Crippen LogP) is 6.08. The topological polar surface area (TPSA) is 12.5 Å². The molecule has 0 bridgehead atoms. The predicted molar refractivity (Wildman–Crippen MR) is 80.5 cm³/mol. The zero-order chi connectivity index (χ0) is 18.7. The normalized spacial score (nSPS) is 21.5. The second-order valence-corrected chi connectivity index (χ2v) is 9.19. The first-order chi connectivity index (χ1) is 9.81. The maximum atomic E-state index is 15.0. The Bertz CT molecular complexity index is 442.